The average Bonchev–Trinajstić information content (AvgIpc) is 2.63. The van der Waals surface area contributed by atoms with Gasteiger partial charge in [-0.05, 0) is 60.5 Å². The van der Waals surface area contributed by atoms with Crippen LogP contribution < -0.4 is 15.4 Å². The van der Waals surface area contributed by atoms with Crippen molar-refractivity contribution >= 4 is 33.6 Å². The van der Waals surface area contributed by atoms with Gasteiger partial charge < -0.3 is 20.3 Å². The molecule has 3 rings (SSSR count). The van der Waals surface area contributed by atoms with Gasteiger partial charge in [0.25, 0.3) is 5.91 Å². The van der Waals surface area contributed by atoms with Crippen molar-refractivity contribution in [3.63, 3.8) is 0 Å². The van der Waals surface area contributed by atoms with E-state index in [9.17, 15) is 14.0 Å². The third-order valence-corrected chi connectivity index (χ3v) is 4.68. The van der Waals surface area contributed by atoms with Gasteiger partial charge in [0.05, 0.1) is 12.7 Å². The van der Waals surface area contributed by atoms with Crippen molar-refractivity contribution in [2.24, 2.45) is 0 Å². The summed E-state index contributed by atoms with van der Waals surface area (Å²) in [6.45, 7) is 5.40. The summed E-state index contributed by atoms with van der Waals surface area (Å²) in [5.41, 5.74) is 0.462. The third kappa shape index (κ3) is 4.67. The van der Waals surface area contributed by atoms with E-state index >= 15 is 0 Å². The van der Waals surface area contributed by atoms with Crippen molar-refractivity contribution in [3.8, 4) is 5.75 Å². The van der Waals surface area contributed by atoms with Crippen LogP contribution >= 0.6 is 15.9 Å². The van der Waals surface area contributed by atoms with E-state index in [0.717, 1.165) is 0 Å². The van der Waals surface area contributed by atoms with Crippen LogP contribution in [-0.4, -0.2) is 40.9 Å². The van der Waals surface area contributed by atoms with E-state index in [2.05, 4.69) is 31.5 Å². The Kier molecular flexibility index (Phi) is 5.79. The maximum Gasteiger partial charge on any atom is 0.260 e. The molecule has 0 spiro atoms. The Morgan fingerprint density at radius 3 is 2.76 bits per heavy atom. The molecule has 1 atom stereocenters. The zero-order valence-corrected chi connectivity index (χ0v) is 18.1. The van der Waals surface area contributed by atoms with Crippen molar-refractivity contribution in [2.45, 2.75) is 32.5 Å². The fraction of sp³-hybridized carbons (Fsp3) is 0.350. The number of carbonyl (C=O) groups excluding carboxylic acids is 2. The van der Waals surface area contributed by atoms with Crippen molar-refractivity contribution in [1.82, 2.24) is 15.2 Å². The van der Waals surface area contributed by atoms with Crippen LogP contribution in [0.15, 0.2) is 34.9 Å². The highest BCUT2D eigenvalue weighted by molar-refractivity contribution is 9.10. The Bertz CT molecular complexity index is 961. The monoisotopic (exact) mass is 464 g/mol. The van der Waals surface area contributed by atoms with E-state index < -0.39 is 17.5 Å². The average molecular weight is 465 g/mol. The van der Waals surface area contributed by atoms with Gasteiger partial charge in [-0.15, -0.1) is 0 Å². The van der Waals surface area contributed by atoms with Crippen LogP contribution in [0.4, 0.5) is 10.2 Å². The van der Waals surface area contributed by atoms with Crippen LogP contribution in [0.5, 0.6) is 5.75 Å². The summed E-state index contributed by atoms with van der Waals surface area (Å²) in [6, 6.07) is 5.95. The van der Waals surface area contributed by atoms with Crippen molar-refractivity contribution < 1.29 is 18.7 Å². The summed E-state index contributed by atoms with van der Waals surface area (Å²) in [6.07, 6.45) is 0.854. The minimum atomic E-state index is -0.719. The molecule has 7 nitrogen and oxygen atoms in total. The maximum atomic E-state index is 13.9. The molecule has 154 valence electrons. The first kappa shape index (κ1) is 21.0. The topological polar surface area (TPSA) is 83.6 Å². The largest absolute Gasteiger partial charge is 0.494 e. The number of halogens is 2. The molecule has 1 aromatic heterocycles. The number of nitrogens with one attached hydrogen (secondary N) is 2. The fourth-order valence-electron chi connectivity index (χ4n) is 3.08. The Morgan fingerprint density at radius 2 is 2.10 bits per heavy atom. The van der Waals surface area contributed by atoms with Gasteiger partial charge >= 0.3 is 0 Å². The molecule has 29 heavy (non-hydrogen) atoms. The lowest BCUT2D eigenvalue weighted by Crippen LogP contribution is -2.51. The number of rotatable bonds is 4. The number of nitrogens with zero attached hydrogens (tertiary/aromatic N) is 2. The molecule has 0 saturated heterocycles. The van der Waals surface area contributed by atoms with Gasteiger partial charge in [0.1, 0.15) is 18.5 Å². The second-order valence-corrected chi connectivity index (χ2v) is 8.64. The molecule has 2 aromatic rings. The fourth-order valence-corrected chi connectivity index (χ4v) is 3.41. The van der Waals surface area contributed by atoms with Gasteiger partial charge in [0, 0.05) is 16.2 Å². The van der Waals surface area contributed by atoms with E-state index in [4.69, 9.17) is 4.74 Å². The number of anilines is 1. The number of pyridine rings is 1. The van der Waals surface area contributed by atoms with Gasteiger partial charge in [-0.3, -0.25) is 9.59 Å². The van der Waals surface area contributed by atoms with Gasteiger partial charge in [0.15, 0.2) is 11.6 Å². The molecule has 9 heteroatoms. The summed E-state index contributed by atoms with van der Waals surface area (Å²) in [5.74, 6) is -0.745. The molecule has 0 saturated carbocycles. The number of aromatic nitrogens is 1. The van der Waals surface area contributed by atoms with E-state index in [1.165, 1.54) is 24.1 Å². The molecular weight excluding hydrogens is 443 g/mol. The SMILES string of the molecule is COc1cc(C2Nc3ncc(Br)cc3C(=O)N2CC(=O)NC(C)(C)C)ccc1F. The molecule has 0 radical (unpaired) electrons. The van der Waals surface area contributed by atoms with Crippen LogP contribution in [-0.2, 0) is 4.79 Å². The Balaban J connectivity index is 2.02. The number of ether oxygens (including phenoxy) is 1. The first-order valence-corrected chi connectivity index (χ1v) is 9.76. The van der Waals surface area contributed by atoms with Crippen LogP contribution in [0.3, 0.4) is 0 Å². The molecule has 0 fully saturated rings. The van der Waals surface area contributed by atoms with Crippen LogP contribution in [0.25, 0.3) is 0 Å². The zero-order valence-electron chi connectivity index (χ0n) is 16.5. The second kappa shape index (κ2) is 7.98. The molecule has 0 aliphatic carbocycles. The minimum Gasteiger partial charge on any atom is -0.494 e. The first-order valence-electron chi connectivity index (χ1n) is 8.96. The van der Waals surface area contributed by atoms with E-state index in [-0.39, 0.29) is 24.1 Å². The van der Waals surface area contributed by atoms with Crippen molar-refractivity contribution in [3.05, 3.63) is 51.9 Å². The third-order valence-electron chi connectivity index (χ3n) is 4.25. The predicted octanol–water partition coefficient (Wildman–Crippen LogP) is 3.47. The van der Waals surface area contributed by atoms with E-state index in [1.807, 2.05) is 20.8 Å². The Labute approximate surface area is 176 Å². The highest BCUT2D eigenvalue weighted by Gasteiger charge is 2.36. The molecular formula is C20H22BrFN4O3. The van der Waals surface area contributed by atoms with Gasteiger partial charge in [-0.1, -0.05) is 6.07 Å². The lowest BCUT2D eigenvalue weighted by molar-refractivity contribution is -0.123. The summed E-state index contributed by atoms with van der Waals surface area (Å²) < 4.78 is 19.6. The lowest BCUT2D eigenvalue weighted by atomic mass is 10.0. The molecule has 2 N–H and O–H groups in total. The van der Waals surface area contributed by atoms with Crippen LogP contribution in [0.1, 0.15) is 42.9 Å². The molecule has 1 aliphatic heterocycles. The van der Waals surface area contributed by atoms with Gasteiger partial charge in [0.2, 0.25) is 5.91 Å². The highest BCUT2D eigenvalue weighted by atomic mass is 79.9. The standard InChI is InChI=1S/C20H22BrFN4O3/c1-20(2,3)25-16(27)10-26-18(11-5-6-14(22)15(7-11)29-4)24-17-13(19(26)28)8-12(21)9-23-17/h5-9,18H,10H2,1-4H3,(H,23,24)(H,25,27). The summed E-state index contributed by atoms with van der Waals surface area (Å²) in [5, 5.41) is 6.03. The van der Waals surface area contributed by atoms with Crippen molar-refractivity contribution in [1.29, 1.82) is 0 Å². The number of amides is 2. The van der Waals surface area contributed by atoms with Crippen molar-refractivity contribution in [2.75, 3.05) is 19.0 Å². The quantitative estimate of drug-likeness (QED) is 0.723. The summed E-state index contributed by atoms with van der Waals surface area (Å²) in [4.78, 5) is 31.4. The van der Waals surface area contributed by atoms with Gasteiger partial charge in [-0.25, -0.2) is 9.37 Å². The normalized spacial score (nSPS) is 16.1. The number of carbonyl (C=O) groups is 2. The van der Waals surface area contributed by atoms with E-state index in [0.29, 0.717) is 21.4 Å². The number of fused-ring (bicyclic) bond motifs is 1. The Morgan fingerprint density at radius 1 is 1.38 bits per heavy atom. The Hall–Kier alpha value is -2.68. The van der Waals surface area contributed by atoms with Crippen LogP contribution in [0, 0.1) is 5.82 Å². The predicted molar refractivity (Wildman–Crippen MR) is 110 cm³/mol. The molecule has 2 heterocycles. The second-order valence-electron chi connectivity index (χ2n) is 7.72. The number of hydrogen-bond donors (Lipinski definition) is 2. The number of hydrogen-bond acceptors (Lipinski definition) is 5. The van der Waals surface area contributed by atoms with E-state index in [1.54, 1.807) is 18.3 Å². The smallest absolute Gasteiger partial charge is 0.260 e. The zero-order chi connectivity index (χ0) is 21.3. The first-order chi connectivity index (χ1) is 13.6. The molecule has 0 bridgehead atoms. The molecule has 1 aromatic carbocycles. The molecule has 2 amide bonds. The summed E-state index contributed by atoms with van der Waals surface area (Å²) in [7, 11) is 1.37. The molecule has 1 unspecified atom stereocenters. The van der Waals surface area contributed by atoms with Crippen LogP contribution in [0.2, 0.25) is 0 Å². The maximum absolute atomic E-state index is 13.9. The number of benzene rings is 1. The molecule has 1 aliphatic rings. The number of methoxy groups -OCH3 is 1. The minimum absolute atomic E-state index is 0.0467. The summed E-state index contributed by atoms with van der Waals surface area (Å²) >= 11 is 3.32. The van der Waals surface area contributed by atoms with Gasteiger partial charge in [-0.2, -0.15) is 0 Å². The highest BCUT2D eigenvalue weighted by Crippen LogP contribution is 2.34. The lowest BCUT2D eigenvalue weighted by Gasteiger charge is -2.37.